The molecule has 0 aliphatic rings. The highest BCUT2D eigenvalue weighted by atomic mass is 15.0. The van der Waals surface area contributed by atoms with Crippen molar-refractivity contribution in [2.75, 3.05) is 0 Å². The Balaban J connectivity index is 2.25. The highest BCUT2D eigenvalue weighted by Gasteiger charge is 2.10. The second-order valence-corrected chi connectivity index (χ2v) is 5.29. The lowest BCUT2D eigenvalue weighted by Crippen LogP contribution is -2.35. The average Bonchev–Trinajstić information content (AvgIpc) is 2.56. The van der Waals surface area contributed by atoms with E-state index in [4.69, 9.17) is 0 Å². The molecule has 0 saturated carbocycles. The lowest BCUT2D eigenvalue weighted by molar-refractivity contribution is 0.420. The number of hydrogen-bond acceptors (Lipinski definition) is 2. The van der Waals surface area contributed by atoms with Crippen LogP contribution in [0, 0.1) is 6.92 Å². The fraction of sp³-hybridized carbons (Fsp3) is 0.462. The SMILES string of the molecule is Cc1ccn2c(CNC(C)(C)C)cnc2c1. The van der Waals surface area contributed by atoms with E-state index in [-0.39, 0.29) is 5.54 Å². The van der Waals surface area contributed by atoms with Crippen LogP contribution in [0.25, 0.3) is 5.65 Å². The molecule has 0 atom stereocenters. The van der Waals surface area contributed by atoms with Crippen LogP contribution in [0.4, 0.5) is 0 Å². The fourth-order valence-electron chi connectivity index (χ4n) is 1.62. The van der Waals surface area contributed by atoms with Crippen LogP contribution >= 0.6 is 0 Å². The lowest BCUT2D eigenvalue weighted by Gasteiger charge is -2.20. The monoisotopic (exact) mass is 217 g/mol. The topological polar surface area (TPSA) is 29.3 Å². The minimum Gasteiger partial charge on any atom is -0.306 e. The predicted molar refractivity (Wildman–Crippen MR) is 66.5 cm³/mol. The van der Waals surface area contributed by atoms with Gasteiger partial charge >= 0.3 is 0 Å². The van der Waals surface area contributed by atoms with Crippen LogP contribution in [0.3, 0.4) is 0 Å². The molecular formula is C13H19N3. The minimum atomic E-state index is 0.134. The molecule has 3 nitrogen and oxygen atoms in total. The molecule has 0 fully saturated rings. The number of nitrogens with zero attached hydrogens (tertiary/aromatic N) is 2. The first-order valence-corrected chi connectivity index (χ1v) is 5.63. The van der Waals surface area contributed by atoms with Crippen LogP contribution in [0.5, 0.6) is 0 Å². The van der Waals surface area contributed by atoms with E-state index in [0.29, 0.717) is 0 Å². The third-order valence-electron chi connectivity index (χ3n) is 2.55. The maximum absolute atomic E-state index is 4.40. The minimum absolute atomic E-state index is 0.134. The van der Waals surface area contributed by atoms with Gasteiger partial charge in [-0.25, -0.2) is 4.98 Å². The summed E-state index contributed by atoms with van der Waals surface area (Å²) in [4.78, 5) is 4.40. The number of fused-ring (bicyclic) bond motifs is 1. The summed E-state index contributed by atoms with van der Waals surface area (Å²) >= 11 is 0. The van der Waals surface area contributed by atoms with Gasteiger partial charge in [0.2, 0.25) is 0 Å². The smallest absolute Gasteiger partial charge is 0.137 e. The molecule has 0 bridgehead atoms. The van der Waals surface area contributed by atoms with Crippen LogP contribution in [0.1, 0.15) is 32.0 Å². The fourth-order valence-corrected chi connectivity index (χ4v) is 1.62. The summed E-state index contributed by atoms with van der Waals surface area (Å²) in [7, 11) is 0. The first-order chi connectivity index (χ1) is 7.46. The normalized spacial score (nSPS) is 12.2. The number of imidazole rings is 1. The second-order valence-electron chi connectivity index (χ2n) is 5.29. The molecule has 1 N–H and O–H groups in total. The zero-order valence-corrected chi connectivity index (χ0v) is 10.4. The van der Waals surface area contributed by atoms with Gasteiger partial charge in [0.05, 0.1) is 11.9 Å². The van der Waals surface area contributed by atoms with Gasteiger partial charge in [-0.2, -0.15) is 0 Å². The van der Waals surface area contributed by atoms with Gasteiger partial charge in [0.15, 0.2) is 0 Å². The highest BCUT2D eigenvalue weighted by molar-refractivity contribution is 5.42. The van der Waals surface area contributed by atoms with E-state index in [1.54, 1.807) is 0 Å². The van der Waals surface area contributed by atoms with Crippen molar-refractivity contribution in [1.82, 2.24) is 14.7 Å². The van der Waals surface area contributed by atoms with Crippen LogP contribution in [-0.2, 0) is 6.54 Å². The molecule has 3 heteroatoms. The molecule has 16 heavy (non-hydrogen) atoms. The number of pyridine rings is 1. The summed E-state index contributed by atoms with van der Waals surface area (Å²) in [6, 6.07) is 4.20. The number of rotatable bonds is 2. The van der Waals surface area contributed by atoms with Crippen LogP contribution < -0.4 is 5.32 Å². The molecule has 0 amide bonds. The Labute approximate surface area is 96.5 Å². The molecular weight excluding hydrogens is 198 g/mol. The van der Waals surface area contributed by atoms with Crippen LogP contribution in [-0.4, -0.2) is 14.9 Å². The van der Waals surface area contributed by atoms with E-state index < -0.39 is 0 Å². The van der Waals surface area contributed by atoms with Gasteiger partial charge in [-0.3, -0.25) is 0 Å². The molecule has 0 spiro atoms. The van der Waals surface area contributed by atoms with E-state index in [1.165, 1.54) is 11.3 Å². The summed E-state index contributed by atoms with van der Waals surface area (Å²) < 4.78 is 2.13. The molecule has 0 saturated heterocycles. The van der Waals surface area contributed by atoms with Crippen molar-refractivity contribution in [3.63, 3.8) is 0 Å². The zero-order chi connectivity index (χ0) is 11.8. The Morgan fingerprint density at radius 1 is 1.38 bits per heavy atom. The van der Waals surface area contributed by atoms with Crippen molar-refractivity contribution >= 4 is 5.65 Å². The molecule has 2 aromatic heterocycles. The first kappa shape index (κ1) is 11.1. The predicted octanol–water partition coefficient (Wildman–Crippen LogP) is 2.53. The quantitative estimate of drug-likeness (QED) is 0.837. The zero-order valence-electron chi connectivity index (χ0n) is 10.4. The summed E-state index contributed by atoms with van der Waals surface area (Å²) in [6.45, 7) is 9.43. The molecule has 0 radical (unpaired) electrons. The molecule has 2 aromatic rings. The van der Waals surface area contributed by atoms with Gasteiger partial charge in [-0.05, 0) is 45.4 Å². The van der Waals surface area contributed by atoms with E-state index >= 15 is 0 Å². The van der Waals surface area contributed by atoms with Gasteiger partial charge in [-0.1, -0.05) is 0 Å². The summed E-state index contributed by atoms with van der Waals surface area (Å²) in [5, 5.41) is 3.47. The Bertz CT molecular complexity index is 491. The highest BCUT2D eigenvalue weighted by Crippen LogP contribution is 2.10. The Hall–Kier alpha value is -1.35. The van der Waals surface area contributed by atoms with Crippen molar-refractivity contribution in [3.05, 3.63) is 35.8 Å². The van der Waals surface area contributed by atoms with Gasteiger partial charge < -0.3 is 9.72 Å². The third kappa shape index (κ3) is 2.42. The Kier molecular flexibility index (Phi) is 2.72. The van der Waals surface area contributed by atoms with Crippen LogP contribution in [0.2, 0.25) is 0 Å². The lowest BCUT2D eigenvalue weighted by atomic mass is 10.1. The maximum atomic E-state index is 4.40. The molecule has 2 heterocycles. The molecule has 86 valence electrons. The van der Waals surface area contributed by atoms with Crippen molar-refractivity contribution in [3.8, 4) is 0 Å². The molecule has 2 rings (SSSR count). The van der Waals surface area contributed by atoms with Crippen molar-refractivity contribution in [1.29, 1.82) is 0 Å². The van der Waals surface area contributed by atoms with Gasteiger partial charge in [-0.15, -0.1) is 0 Å². The number of nitrogens with one attached hydrogen (secondary N) is 1. The first-order valence-electron chi connectivity index (χ1n) is 5.63. The summed E-state index contributed by atoms with van der Waals surface area (Å²) in [5.74, 6) is 0. The van der Waals surface area contributed by atoms with Crippen molar-refractivity contribution < 1.29 is 0 Å². The van der Waals surface area contributed by atoms with E-state index in [1.807, 2.05) is 6.20 Å². The molecule has 0 aliphatic carbocycles. The van der Waals surface area contributed by atoms with E-state index in [0.717, 1.165) is 12.2 Å². The maximum Gasteiger partial charge on any atom is 0.137 e. The number of aryl methyl sites for hydroxylation is 1. The van der Waals surface area contributed by atoms with Gasteiger partial charge in [0.25, 0.3) is 0 Å². The Morgan fingerprint density at radius 2 is 2.12 bits per heavy atom. The standard InChI is InChI=1S/C13H19N3/c1-10-5-6-16-11(8-14-12(16)7-10)9-15-13(2,3)4/h5-8,15H,9H2,1-4H3. The summed E-state index contributed by atoms with van der Waals surface area (Å²) in [6.07, 6.45) is 4.02. The van der Waals surface area contributed by atoms with Crippen molar-refractivity contribution in [2.45, 2.75) is 39.8 Å². The summed E-state index contributed by atoms with van der Waals surface area (Å²) in [5.41, 5.74) is 3.60. The van der Waals surface area contributed by atoms with E-state index in [9.17, 15) is 0 Å². The molecule has 0 unspecified atom stereocenters. The van der Waals surface area contributed by atoms with E-state index in [2.05, 4.69) is 60.7 Å². The van der Waals surface area contributed by atoms with Crippen LogP contribution in [0.15, 0.2) is 24.5 Å². The van der Waals surface area contributed by atoms with Crippen molar-refractivity contribution in [2.24, 2.45) is 0 Å². The molecule has 0 aliphatic heterocycles. The van der Waals surface area contributed by atoms with Gasteiger partial charge in [0, 0.05) is 18.3 Å². The number of aromatic nitrogens is 2. The second kappa shape index (κ2) is 3.91. The average molecular weight is 217 g/mol. The Morgan fingerprint density at radius 3 is 2.81 bits per heavy atom. The third-order valence-corrected chi connectivity index (χ3v) is 2.55. The largest absolute Gasteiger partial charge is 0.306 e. The number of hydrogen-bond donors (Lipinski definition) is 1. The molecule has 0 aromatic carbocycles. The van der Waals surface area contributed by atoms with Gasteiger partial charge in [0.1, 0.15) is 5.65 Å².